The highest BCUT2D eigenvalue weighted by molar-refractivity contribution is 5.94. The highest BCUT2D eigenvalue weighted by atomic mass is 16.7. The maximum absolute atomic E-state index is 12.4. The highest BCUT2D eigenvalue weighted by Gasteiger charge is 2.18. The largest absolute Gasteiger partial charge is 0.489 e. The number of fused-ring (bicyclic) bond motifs is 1. The molecule has 1 aliphatic rings. The molecule has 3 aromatic carbocycles. The zero-order chi connectivity index (χ0) is 20.1. The molecule has 1 amide bonds. The number of amides is 1. The number of benzene rings is 3. The predicted molar refractivity (Wildman–Crippen MR) is 109 cm³/mol. The van der Waals surface area contributed by atoms with E-state index in [0.29, 0.717) is 29.5 Å². The van der Waals surface area contributed by atoms with E-state index < -0.39 is 6.10 Å². The monoisotopic (exact) mass is 391 g/mol. The van der Waals surface area contributed by atoms with Gasteiger partial charge in [0.05, 0.1) is 0 Å². The molecular formula is C23H21NO5. The Bertz CT molecular complexity index is 972. The van der Waals surface area contributed by atoms with Crippen LogP contribution in [0.2, 0.25) is 0 Å². The number of ether oxygens (including phenoxy) is 4. The summed E-state index contributed by atoms with van der Waals surface area (Å²) < 4.78 is 22.1. The standard InChI is InChI=1S/C23H21NO5/c1-16(29-20-11-12-21-22(13-20)28-15-27-21)23(25)24-18-7-9-19(10-8-18)26-14-17-5-3-2-4-6-17/h2-13,16H,14-15H2,1H3,(H,24,25)/t16-/m0/s1. The highest BCUT2D eigenvalue weighted by Crippen LogP contribution is 2.35. The summed E-state index contributed by atoms with van der Waals surface area (Å²) in [5, 5.41) is 2.84. The number of rotatable bonds is 7. The van der Waals surface area contributed by atoms with Crippen molar-refractivity contribution in [1.29, 1.82) is 0 Å². The quantitative estimate of drug-likeness (QED) is 0.647. The maximum atomic E-state index is 12.4. The maximum Gasteiger partial charge on any atom is 0.265 e. The van der Waals surface area contributed by atoms with Crippen LogP contribution in [0.25, 0.3) is 0 Å². The van der Waals surface area contributed by atoms with Crippen molar-refractivity contribution in [2.24, 2.45) is 0 Å². The van der Waals surface area contributed by atoms with Gasteiger partial charge in [-0.3, -0.25) is 4.79 Å². The van der Waals surface area contributed by atoms with Crippen LogP contribution in [-0.4, -0.2) is 18.8 Å². The van der Waals surface area contributed by atoms with E-state index in [1.807, 2.05) is 42.5 Å². The van der Waals surface area contributed by atoms with Gasteiger partial charge in [0, 0.05) is 11.8 Å². The molecule has 0 fully saturated rings. The Hall–Kier alpha value is -3.67. The minimum atomic E-state index is -0.677. The fourth-order valence-electron chi connectivity index (χ4n) is 2.83. The van der Waals surface area contributed by atoms with E-state index in [1.165, 1.54) is 0 Å². The molecule has 0 unspecified atom stereocenters. The van der Waals surface area contributed by atoms with Crippen LogP contribution in [0.5, 0.6) is 23.0 Å². The molecule has 6 heteroatoms. The summed E-state index contributed by atoms with van der Waals surface area (Å²) in [6.07, 6.45) is -0.677. The summed E-state index contributed by atoms with van der Waals surface area (Å²) >= 11 is 0. The number of hydrogen-bond acceptors (Lipinski definition) is 5. The smallest absolute Gasteiger partial charge is 0.265 e. The zero-order valence-electron chi connectivity index (χ0n) is 16.0. The topological polar surface area (TPSA) is 66.0 Å². The average Bonchev–Trinajstić information content (AvgIpc) is 3.22. The molecule has 0 radical (unpaired) electrons. The molecule has 148 valence electrons. The van der Waals surface area contributed by atoms with Crippen molar-refractivity contribution in [3.05, 3.63) is 78.4 Å². The number of carbonyl (C=O) groups excluding carboxylic acids is 1. The average molecular weight is 391 g/mol. The number of anilines is 1. The van der Waals surface area contributed by atoms with E-state index in [0.717, 1.165) is 11.3 Å². The van der Waals surface area contributed by atoms with Crippen LogP contribution in [0, 0.1) is 0 Å². The van der Waals surface area contributed by atoms with Gasteiger partial charge in [-0.15, -0.1) is 0 Å². The molecule has 0 aromatic heterocycles. The van der Waals surface area contributed by atoms with Crippen LogP contribution in [-0.2, 0) is 11.4 Å². The first-order valence-electron chi connectivity index (χ1n) is 9.31. The van der Waals surface area contributed by atoms with Crippen molar-refractivity contribution in [3.8, 4) is 23.0 Å². The summed E-state index contributed by atoms with van der Waals surface area (Å²) in [4.78, 5) is 12.4. The van der Waals surface area contributed by atoms with Gasteiger partial charge in [-0.2, -0.15) is 0 Å². The minimum absolute atomic E-state index is 0.194. The van der Waals surface area contributed by atoms with Crippen molar-refractivity contribution in [2.45, 2.75) is 19.6 Å². The summed E-state index contributed by atoms with van der Waals surface area (Å²) in [7, 11) is 0. The van der Waals surface area contributed by atoms with Gasteiger partial charge in [-0.25, -0.2) is 0 Å². The molecule has 0 saturated heterocycles. The molecule has 1 atom stereocenters. The van der Waals surface area contributed by atoms with Gasteiger partial charge < -0.3 is 24.3 Å². The SMILES string of the molecule is C[C@H](Oc1ccc2c(c1)OCO2)C(=O)Nc1ccc(OCc2ccccc2)cc1. The third kappa shape index (κ3) is 4.79. The van der Waals surface area contributed by atoms with Crippen molar-refractivity contribution in [2.75, 3.05) is 12.1 Å². The number of nitrogens with one attached hydrogen (secondary N) is 1. The fraction of sp³-hybridized carbons (Fsp3) is 0.174. The van der Waals surface area contributed by atoms with Crippen molar-refractivity contribution in [1.82, 2.24) is 0 Å². The Labute approximate surface area is 169 Å². The second-order valence-corrected chi connectivity index (χ2v) is 6.56. The lowest BCUT2D eigenvalue weighted by atomic mass is 10.2. The molecule has 1 heterocycles. The Morgan fingerprint density at radius 2 is 1.69 bits per heavy atom. The molecule has 0 spiro atoms. The molecule has 4 rings (SSSR count). The second-order valence-electron chi connectivity index (χ2n) is 6.56. The molecule has 1 N–H and O–H groups in total. The first kappa shape index (κ1) is 18.7. The van der Waals surface area contributed by atoms with E-state index in [-0.39, 0.29) is 12.7 Å². The Morgan fingerprint density at radius 1 is 0.966 bits per heavy atom. The van der Waals surface area contributed by atoms with Gasteiger partial charge in [0.2, 0.25) is 6.79 Å². The third-order valence-electron chi connectivity index (χ3n) is 4.40. The van der Waals surface area contributed by atoms with Crippen LogP contribution in [0.3, 0.4) is 0 Å². The van der Waals surface area contributed by atoms with E-state index in [1.54, 1.807) is 37.3 Å². The molecule has 1 aliphatic heterocycles. The molecule has 3 aromatic rings. The first-order chi connectivity index (χ1) is 14.2. The summed E-state index contributed by atoms with van der Waals surface area (Å²) in [5.74, 6) is 2.31. The Balaban J connectivity index is 1.29. The van der Waals surface area contributed by atoms with Gasteiger partial charge in [-0.1, -0.05) is 30.3 Å². The lowest BCUT2D eigenvalue weighted by Crippen LogP contribution is -2.30. The zero-order valence-corrected chi connectivity index (χ0v) is 16.0. The van der Waals surface area contributed by atoms with Gasteiger partial charge in [0.25, 0.3) is 5.91 Å². The Kier molecular flexibility index (Phi) is 5.52. The summed E-state index contributed by atoms with van der Waals surface area (Å²) in [5.41, 5.74) is 1.77. The van der Waals surface area contributed by atoms with E-state index in [4.69, 9.17) is 18.9 Å². The predicted octanol–water partition coefficient (Wildman–Crippen LogP) is 4.40. The number of carbonyl (C=O) groups is 1. The van der Waals surface area contributed by atoms with Gasteiger partial charge in [0.15, 0.2) is 17.6 Å². The van der Waals surface area contributed by atoms with E-state index >= 15 is 0 Å². The molecule has 0 saturated carbocycles. The molecule has 29 heavy (non-hydrogen) atoms. The van der Waals surface area contributed by atoms with Crippen molar-refractivity contribution < 1.29 is 23.7 Å². The summed E-state index contributed by atoms with van der Waals surface area (Å²) in [6.45, 7) is 2.38. The van der Waals surface area contributed by atoms with E-state index in [9.17, 15) is 4.79 Å². The molecule has 0 aliphatic carbocycles. The van der Waals surface area contributed by atoms with Gasteiger partial charge in [0.1, 0.15) is 18.1 Å². The van der Waals surface area contributed by atoms with Crippen LogP contribution in [0.1, 0.15) is 12.5 Å². The van der Waals surface area contributed by atoms with Gasteiger partial charge in [-0.05, 0) is 48.9 Å². The minimum Gasteiger partial charge on any atom is -0.489 e. The second kappa shape index (κ2) is 8.56. The lowest BCUT2D eigenvalue weighted by Gasteiger charge is -2.15. The fourth-order valence-corrected chi connectivity index (χ4v) is 2.83. The lowest BCUT2D eigenvalue weighted by molar-refractivity contribution is -0.122. The normalized spacial score (nSPS) is 12.9. The third-order valence-corrected chi connectivity index (χ3v) is 4.40. The summed E-state index contributed by atoms with van der Waals surface area (Å²) in [6, 6.07) is 22.4. The molecular weight excluding hydrogens is 370 g/mol. The van der Waals surface area contributed by atoms with Gasteiger partial charge >= 0.3 is 0 Å². The molecule has 6 nitrogen and oxygen atoms in total. The van der Waals surface area contributed by atoms with Crippen LogP contribution in [0.4, 0.5) is 5.69 Å². The van der Waals surface area contributed by atoms with Crippen LogP contribution < -0.4 is 24.3 Å². The van der Waals surface area contributed by atoms with Crippen LogP contribution in [0.15, 0.2) is 72.8 Å². The van der Waals surface area contributed by atoms with Crippen molar-refractivity contribution >= 4 is 11.6 Å². The number of hydrogen-bond donors (Lipinski definition) is 1. The molecule has 0 bridgehead atoms. The van der Waals surface area contributed by atoms with Crippen LogP contribution >= 0.6 is 0 Å². The Morgan fingerprint density at radius 3 is 2.48 bits per heavy atom. The van der Waals surface area contributed by atoms with Crippen molar-refractivity contribution in [3.63, 3.8) is 0 Å². The van der Waals surface area contributed by atoms with E-state index in [2.05, 4.69) is 5.32 Å². The first-order valence-corrected chi connectivity index (χ1v) is 9.31.